The highest BCUT2D eigenvalue weighted by molar-refractivity contribution is 14.1. The molecule has 1 saturated heterocycles. The largest absolute Gasteiger partial charge is 0.379 e. The maximum absolute atomic E-state index is 12.5. The first kappa shape index (κ1) is 18.4. The Hall–Kier alpha value is -1.44. The number of hydrogen-bond acceptors (Lipinski definition) is 3. The monoisotopic (exact) mass is 450 g/mol. The number of ether oxygens (including phenoxy) is 1. The maximum atomic E-state index is 12.5. The van der Waals surface area contributed by atoms with Gasteiger partial charge in [0.2, 0.25) is 0 Å². The van der Waals surface area contributed by atoms with Crippen LogP contribution in [0.4, 0.5) is 0 Å². The van der Waals surface area contributed by atoms with Crippen molar-refractivity contribution in [3.63, 3.8) is 0 Å². The van der Waals surface area contributed by atoms with Gasteiger partial charge in [0.25, 0.3) is 5.91 Å². The molecule has 1 heterocycles. The van der Waals surface area contributed by atoms with Crippen LogP contribution in [-0.4, -0.2) is 37.1 Å². The molecule has 0 radical (unpaired) electrons. The van der Waals surface area contributed by atoms with Crippen molar-refractivity contribution in [2.24, 2.45) is 0 Å². The van der Waals surface area contributed by atoms with Gasteiger partial charge in [-0.05, 0) is 52.3 Å². The Kier molecular flexibility index (Phi) is 6.45. The third-order valence-electron chi connectivity index (χ3n) is 4.49. The van der Waals surface area contributed by atoms with Crippen LogP contribution in [0.15, 0.2) is 42.5 Å². The molecule has 0 unspecified atom stereocenters. The summed E-state index contributed by atoms with van der Waals surface area (Å²) in [5.74, 6) is -0.0192. The number of benzene rings is 2. The highest BCUT2D eigenvalue weighted by Gasteiger charge is 2.14. The number of hydrogen-bond donors (Lipinski definition) is 1. The van der Waals surface area contributed by atoms with Gasteiger partial charge >= 0.3 is 0 Å². The summed E-state index contributed by atoms with van der Waals surface area (Å²) in [5, 5.41) is 3.07. The number of nitrogens with one attached hydrogen (secondary N) is 1. The second-order valence-electron chi connectivity index (χ2n) is 6.28. The first-order valence-corrected chi connectivity index (χ1v) is 9.63. The zero-order valence-corrected chi connectivity index (χ0v) is 16.6. The van der Waals surface area contributed by atoms with E-state index in [1.165, 1.54) is 11.1 Å². The summed E-state index contributed by atoms with van der Waals surface area (Å²) in [6.07, 6.45) is 0. The number of amides is 1. The summed E-state index contributed by atoms with van der Waals surface area (Å²) in [5.41, 5.74) is 4.31. The van der Waals surface area contributed by atoms with Crippen molar-refractivity contribution >= 4 is 28.5 Å². The van der Waals surface area contributed by atoms with Gasteiger partial charge in [-0.1, -0.05) is 36.4 Å². The van der Waals surface area contributed by atoms with E-state index in [1.807, 2.05) is 31.2 Å². The number of carbonyl (C=O) groups excluding carboxylic acids is 1. The molecule has 0 aromatic heterocycles. The molecule has 1 aliphatic heterocycles. The first-order chi connectivity index (χ1) is 12.1. The lowest BCUT2D eigenvalue weighted by atomic mass is 10.1. The molecule has 1 N–H and O–H groups in total. The standard InChI is InChI=1S/C20H23IN2O2/c1-15-5-4-8-18(19(15)21)20(24)22-13-16-6-2-3-7-17(16)14-23-9-11-25-12-10-23/h2-8H,9-14H2,1H3,(H,22,24). The number of aryl methyl sites for hydroxylation is 1. The van der Waals surface area contributed by atoms with E-state index in [2.05, 4.69) is 51.0 Å². The van der Waals surface area contributed by atoms with Crippen molar-refractivity contribution in [1.82, 2.24) is 10.2 Å². The van der Waals surface area contributed by atoms with E-state index >= 15 is 0 Å². The van der Waals surface area contributed by atoms with E-state index in [0.29, 0.717) is 6.54 Å². The van der Waals surface area contributed by atoms with Crippen molar-refractivity contribution in [2.75, 3.05) is 26.3 Å². The molecule has 4 nitrogen and oxygen atoms in total. The molecule has 0 aliphatic carbocycles. The van der Waals surface area contributed by atoms with Crippen LogP contribution in [0.5, 0.6) is 0 Å². The second kappa shape index (κ2) is 8.78. The fourth-order valence-electron chi connectivity index (χ4n) is 2.98. The van der Waals surface area contributed by atoms with Gasteiger partial charge < -0.3 is 10.1 Å². The van der Waals surface area contributed by atoms with Crippen LogP contribution < -0.4 is 5.32 Å². The highest BCUT2D eigenvalue weighted by atomic mass is 127. The van der Waals surface area contributed by atoms with Crippen molar-refractivity contribution in [3.8, 4) is 0 Å². The summed E-state index contributed by atoms with van der Waals surface area (Å²) in [4.78, 5) is 14.9. The van der Waals surface area contributed by atoms with Crippen LogP contribution in [-0.2, 0) is 17.8 Å². The van der Waals surface area contributed by atoms with Gasteiger partial charge in [0.1, 0.15) is 0 Å². The summed E-state index contributed by atoms with van der Waals surface area (Å²) in [7, 11) is 0. The molecule has 3 rings (SSSR count). The van der Waals surface area contributed by atoms with Gasteiger partial charge in [0.15, 0.2) is 0 Å². The molecule has 0 atom stereocenters. The van der Waals surface area contributed by atoms with E-state index in [9.17, 15) is 4.79 Å². The van der Waals surface area contributed by atoms with Crippen molar-refractivity contribution < 1.29 is 9.53 Å². The number of carbonyl (C=O) groups is 1. The second-order valence-corrected chi connectivity index (χ2v) is 7.36. The maximum Gasteiger partial charge on any atom is 0.252 e. The normalized spacial score (nSPS) is 15.1. The number of halogens is 1. The molecule has 0 bridgehead atoms. The molecule has 1 amide bonds. The Morgan fingerprint density at radius 3 is 2.60 bits per heavy atom. The lowest BCUT2D eigenvalue weighted by Crippen LogP contribution is -2.36. The number of morpholine rings is 1. The predicted octanol–water partition coefficient (Wildman–Crippen LogP) is 3.36. The van der Waals surface area contributed by atoms with Crippen LogP contribution in [0.1, 0.15) is 27.0 Å². The summed E-state index contributed by atoms with van der Waals surface area (Å²) in [6.45, 7) is 6.98. The Balaban J connectivity index is 1.66. The zero-order chi connectivity index (χ0) is 17.6. The first-order valence-electron chi connectivity index (χ1n) is 8.55. The van der Waals surface area contributed by atoms with Crippen molar-refractivity contribution in [2.45, 2.75) is 20.0 Å². The molecule has 2 aromatic rings. The van der Waals surface area contributed by atoms with Gasteiger partial charge in [-0.25, -0.2) is 0 Å². The molecule has 0 saturated carbocycles. The van der Waals surface area contributed by atoms with Crippen LogP contribution in [0.25, 0.3) is 0 Å². The summed E-state index contributed by atoms with van der Waals surface area (Å²) < 4.78 is 6.43. The zero-order valence-electron chi connectivity index (χ0n) is 14.4. The van der Waals surface area contributed by atoms with Gasteiger partial charge in [-0.2, -0.15) is 0 Å². The van der Waals surface area contributed by atoms with E-state index < -0.39 is 0 Å². The van der Waals surface area contributed by atoms with Gasteiger partial charge in [-0.15, -0.1) is 0 Å². The lowest BCUT2D eigenvalue weighted by Gasteiger charge is -2.27. The smallest absolute Gasteiger partial charge is 0.252 e. The summed E-state index contributed by atoms with van der Waals surface area (Å²) in [6, 6.07) is 14.2. The van der Waals surface area contributed by atoms with E-state index in [1.54, 1.807) is 0 Å². The van der Waals surface area contributed by atoms with Crippen LogP contribution in [0, 0.1) is 10.5 Å². The lowest BCUT2D eigenvalue weighted by molar-refractivity contribution is 0.0340. The van der Waals surface area contributed by atoms with Crippen LogP contribution >= 0.6 is 22.6 Å². The molecule has 5 heteroatoms. The summed E-state index contributed by atoms with van der Waals surface area (Å²) >= 11 is 2.24. The van der Waals surface area contributed by atoms with E-state index in [0.717, 1.165) is 47.5 Å². The number of rotatable bonds is 5. The van der Waals surface area contributed by atoms with Gasteiger partial charge in [0.05, 0.1) is 18.8 Å². The quantitative estimate of drug-likeness (QED) is 0.711. The van der Waals surface area contributed by atoms with Gasteiger partial charge in [-0.3, -0.25) is 9.69 Å². The molecule has 1 fully saturated rings. The Morgan fingerprint density at radius 1 is 1.12 bits per heavy atom. The topological polar surface area (TPSA) is 41.6 Å². The minimum absolute atomic E-state index is 0.0192. The molecular formula is C20H23IN2O2. The molecule has 132 valence electrons. The average Bonchev–Trinajstić information content (AvgIpc) is 2.64. The van der Waals surface area contributed by atoms with Crippen molar-refractivity contribution in [1.29, 1.82) is 0 Å². The highest BCUT2D eigenvalue weighted by Crippen LogP contribution is 2.17. The molecule has 1 aliphatic rings. The van der Waals surface area contributed by atoms with Crippen LogP contribution in [0.3, 0.4) is 0 Å². The minimum Gasteiger partial charge on any atom is -0.379 e. The SMILES string of the molecule is Cc1cccc(C(=O)NCc2ccccc2CN2CCOCC2)c1I. The fraction of sp³-hybridized carbons (Fsp3) is 0.350. The van der Waals surface area contributed by atoms with Crippen molar-refractivity contribution in [3.05, 3.63) is 68.3 Å². The predicted molar refractivity (Wildman–Crippen MR) is 108 cm³/mol. The van der Waals surface area contributed by atoms with E-state index in [4.69, 9.17) is 4.74 Å². The third-order valence-corrected chi connectivity index (χ3v) is 5.92. The van der Waals surface area contributed by atoms with Crippen LogP contribution in [0.2, 0.25) is 0 Å². The Labute approximate surface area is 162 Å². The molecule has 2 aromatic carbocycles. The molecule has 25 heavy (non-hydrogen) atoms. The minimum atomic E-state index is -0.0192. The fourth-order valence-corrected chi connectivity index (χ4v) is 3.58. The third kappa shape index (κ3) is 4.80. The molecule has 0 spiro atoms. The number of nitrogens with zero attached hydrogens (tertiary/aromatic N) is 1. The van der Waals surface area contributed by atoms with E-state index in [-0.39, 0.29) is 5.91 Å². The Morgan fingerprint density at radius 2 is 1.84 bits per heavy atom. The molecular weight excluding hydrogens is 427 g/mol. The Bertz CT molecular complexity index is 742. The average molecular weight is 450 g/mol. The van der Waals surface area contributed by atoms with Gasteiger partial charge in [0, 0.05) is 29.7 Å².